The van der Waals surface area contributed by atoms with Crippen molar-refractivity contribution in [3.8, 4) is 0 Å². The minimum Gasteiger partial charge on any atom is -0.330 e. The molecular formula is C11H16ClNO2S2. The first-order valence-electron chi connectivity index (χ1n) is 5.08. The highest BCUT2D eigenvalue weighted by atomic mass is 35.5. The van der Waals surface area contributed by atoms with Gasteiger partial charge in [0.2, 0.25) is 0 Å². The summed E-state index contributed by atoms with van der Waals surface area (Å²) >= 11 is 7.45. The highest BCUT2D eigenvalue weighted by Gasteiger charge is 2.18. The van der Waals surface area contributed by atoms with Crippen LogP contribution in [0.25, 0.3) is 0 Å². The van der Waals surface area contributed by atoms with Crippen molar-refractivity contribution >= 4 is 33.2 Å². The molecule has 0 radical (unpaired) electrons. The molecule has 0 aliphatic rings. The SMILES string of the molecule is CSc1c(Cl)cc(C(C)CN)cc1S(C)(=O)=O. The average molecular weight is 294 g/mol. The van der Waals surface area contributed by atoms with Crippen LogP contribution in [-0.2, 0) is 9.84 Å². The van der Waals surface area contributed by atoms with Crippen molar-refractivity contribution in [3.63, 3.8) is 0 Å². The minimum absolute atomic E-state index is 0.0870. The van der Waals surface area contributed by atoms with E-state index in [9.17, 15) is 8.42 Å². The highest BCUT2D eigenvalue weighted by Crippen LogP contribution is 2.35. The van der Waals surface area contributed by atoms with Crippen LogP contribution in [-0.4, -0.2) is 27.5 Å². The molecule has 3 nitrogen and oxygen atoms in total. The van der Waals surface area contributed by atoms with Gasteiger partial charge in [-0.1, -0.05) is 18.5 Å². The maximum absolute atomic E-state index is 11.7. The lowest BCUT2D eigenvalue weighted by molar-refractivity contribution is 0.599. The average Bonchev–Trinajstić information content (AvgIpc) is 2.25. The largest absolute Gasteiger partial charge is 0.330 e. The molecule has 0 aromatic heterocycles. The van der Waals surface area contributed by atoms with E-state index in [1.165, 1.54) is 18.0 Å². The van der Waals surface area contributed by atoms with Crippen molar-refractivity contribution in [2.45, 2.75) is 22.6 Å². The highest BCUT2D eigenvalue weighted by molar-refractivity contribution is 7.99. The fraction of sp³-hybridized carbons (Fsp3) is 0.455. The molecule has 0 saturated heterocycles. The molecule has 0 aliphatic carbocycles. The van der Waals surface area contributed by atoms with E-state index in [2.05, 4.69) is 0 Å². The van der Waals surface area contributed by atoms with Gasteiger partial charge in [0.1, 0.15) is 0 Å². The lowest BCUT2D eigenvalue weighted by Gasteiger charge is -2.14. The van der Waals surface area contributed by atoms with Crippen LogP contribution in [0.1, 0.15) is 18.4 Å². The number of thioether (sulfide) groups is 1. The predicted molar refractivity (Wildman–Crippen MR) is 73.8 cm³/mol. The van der Waals surface area contributed by atoms with E-state index < -0.39 is 9.84 Å². The second-order valence-electron chi connectivity index (χ2n) is 3.94. The van der Waals surface area contributed by atoms with Gasteiger partial charge in [-0.05, 0) is 36.4 Å². The standard InChI is InChI=1S/C11H16ClNO2S2/c1-7(6-13)8-4-9(12)11(16-2)10(5-8)17(3,14)15/h4-5,7H,6,13H2,1-3H3. The van der Waals surface area contributed by atoms with E-state index in [1.807, 2.05) is 13.2 Å². The zero-order chi connectivity index (χ0) is 13.2. The van der Waals surface area contributed by atoms with E-state index in [0.717, 1.165) is 5.56 Å². The monoisotopic (exact) mass is 293 g/mol. The Morgan fingerprint density at radius 2 is 2.06 bits per heavy atom. The van der Waals surface area contributed by atoms with Gasteiger partial charge in [-0.2, -0.15) is 0 Å². The van der Waals surface area contributed by atoms with Crippen LogP contribution < -0.4 is 5.73 Å². The molecule has 0 aliphatic heterocycles. The Balaban J connectivity index is 3.50. The molecule has 0 saturated carbocycles. The summed E-state index contributed by atoms with van der Waals surface area (Å²) < 4.78 is 23.4. The quantitative estimate of drug-likeness (QED) is 0.867. The molecule has 0 heterocycles. The van der Waals surface area contributed by atoms with Gasteiger partial charge in [0.25, 0.3) is 0 Å². The molecule has 1 aromatic carbocycles. The van der Waals surface area contributed by atoms with Crippen molar-refractivity contribution < 1.29 is 8.42 Å². The summed E-state index contributed by atoms with van der Waals surface area (Å²) in [5.74, 6) is 0.0870. The lowest BCUT2D eigenvalue weighted by Crippen LogP contribution is -2.10. The van der Waals surface area contributed by atoms with Gasteiger partial charge in [-0.3, -0.25) is 0 Å². The van der Waals surface area contributed by atoms with Gasteiger partial charge in [-0.25, -0.2) is 8.42 Å². The molecule has 17 heavy (non-hydrogen) atoms. The Kier molecular flexibility index (Phi) is 4.89. The third-order valence-corrected chi connectivity index (χ3v) is 5.07. The van der Waals surface area contributed by atoms with Crippen molar-refractivity contribution in [1.29, 1.82) is 0 Å². The van der Waals surface area contributed by atoms with Gasteiger partial charge in [0.15, 0.2) is 9.84 Å². The molecule has 1 aromatic rings. The lowest BCUT2D eigenvalue weighted by atomic mass is 10.0. The minimum atomic E-state index is -3.28. The topological polar surface area (TPSA) is 60.2 Å². The summed E-state index contributed by atoms with van der Waals surface area (Å²) in [4.78, 5) is 0.884. The van der Waals surface area contributed by atoms with Crippen LogP contribution >= 0.6 is 23.4 Å². The second kappa shape index (κ2) is 5.61. The number of hydrogen-bond acceptors (Lipinski definition) is 4. The van der Waals surface area contributed by atoms with Crippen molar-refractivity contribution in [2.24, 2.45) is 5.73 Å². The Bertz CT molecular complexity index is 514. The van der Waals surface area contributed by atoms with Crippen LogP contribution in [0.15, 0.2) is 21.9 Å². The number of sulfone groups is 1. The Morgan fingerprint density at radius 1 is 1.47 bits per heavy atom. The maximum Gasteiger partial charge on any atom is 0.176 e. The fourth-order valence-electron chi connectivity index (χ4n) is 1.48. The first-order valence-corrected chi connectivity index (χ1v) is 8.58. The van der Waals surface area contributed by atoms with E-state index in [-0.39, 0.29) is 10.8 Å². The van der Waals surface area contributed by atoms with E-state index in [1.54, 1.807) is 12.1 Å². The van der Waals surface area contributed by atoms with Gasteiger partial charge in [0, 0.05) is 11.2 Å². The van der Waals surface area contributed by atoms with Gasteiger partial charge in [0.05, 0.1) is 9.92 Å². The summed E-state index contributed by atoms with van der Waals surface area (Å²) in [6.45, 7) is 2.40. The molecule has 2 N–H and O–H groups in total. The molecule has 0 spiro atoms. The third kappa shape index (κ3) is 3.37. The summed E-state index contributed by atoms with van der Waals surface area (Å²) in [5.41, 5.74) is 6.44. The summed E-state index contributed by atoms with van der Waals surface area (Å²) in [5, 5.41) is 0.468. The Hall–Kier alpha value is -0.230. The first kappa shape index (κ1) is 14.8. The predicted octanol–water partition coefficient (Wildman–Crippen LogP) is 2.53. The van der Waals surface area contributed by atoms with E-state index >= 15 is 0 Å². The van der Waals surface area contributed by atoms with Gasteiger partial charge in [-0.15, -0.1) is 11.8 Å². The fourth-order valence-corrected chi connectivity index (χ4v) is 4.01. The summed E-state index contributed by atoms with van der Waals surface area (Å²) in [6.07, 6.45) is 3.00. The number of benzene rings is 1. The maximum atomic E-state index is 11.7. The van der Waals surface area contributed by atoms with Crippen LogP contribution in [0.4, 0.5) is 0 Å². The van der Waals surface area contributed by atoms with Crippen molar-refractivity contribution in [2.75, 3.05) is 19.1 Å². The van der Waals surface area contributed by atoms with Crippen LogP contribution in [0.5, 0.6) is 0 Å². The van der Waals surface area contributed by atoms with Crippen molar-refractivity contribution in [3.05, 3.63) is 22.7 Å². The smallest absolute Gasteiger partial charge is 0.176 e. The molecule has 0 fully saturated rings. The number of nitrogens with two attached hydrogens (primary N) is 1. The van der Waals surface area contributed by atoms with Gasteiger partial charge < -0.3 is 5.73 Å². The van der Waals surface area contributed by atoms with Crippen molar-refractivity contribution in [1.82, 2.24) is 0 Å². The molecule has 0 bridgehead atoms. The van der Waals surface area contributed by atoms with E-state index in [4.69, 9.17) is 17.3 Å². The summed E-state index contributed by atoms with van der Waals surface area (Å²) in [6, 6.07) is 3.46. The Morgan fingerprint density at radius 3 is 2.47 bits per heavy atom. The zero-order valence-electron chi connectivity index (χ0n) is 10.0. The molecule has 0 amide bonds. The second-order valence-corrected chi connectivity index (χ2v) is 7.15. The molecule has 1 unspecified atom stereocenters. The van der Waals surface area contributed by atoms with Crippen LogP contribution in [0.2, 0.25) is 5.02 Å². The summed E-state index contributed by atoms with van der Waals surface area (Å²) in [7, 11) is -3.28. The molecule has 96 valence electrons. The molecular weight excluding hydrogens is 278 g/mol. The molecule has 1 rings (SSSR count). The first-order chi connectivity index (χ1) is 7.81. The molecule has 1 atom stereocenters. The van der Waals surface area contributed by atoms with Gasteiger partial charge >= 0.3 is 0 Å². The molecule has 6 heteroatoms. The van der Waals surface area contributed by atoms with Crippen LogP contribution in [0, 0.1) is 0 Å². The van der Waals surface area contributed by atoms with E-state index in [0.29, 0.717) is 16.5 Å². The number of hydrogen-bond donors (Lipinski definition) is 1. The number of halogens is 1. The number of rotatable bonds is 4. The zero-order valence-corrected chi connectivity index (χ0v) is 12.4. The normalized spacial score (nSPS) is 13.7. The third-order valence-electron chi connectivity index (χ3n) is 2.56. The Labute approximate surface area is 112 Å². The van der Waals surface area contributed by atoms with Crippen LogP contribution in [0.3, 0.4) is 0 Å².